The number of carbonyl (C=O) groups is 2. The van der Waals surface area contributed by atoms with Crippen LogP contribution in [0.1, 0.15) is 58.3 Å². The van der Waals surface area contributed by atoms with Gasteiger partial charge in [0.15, 0.2) is 0 Å². The molecule has 0 radical (unpaired) electrons. The number of nitrogen functional groups attached to an aromatic ring is 1. The first-order valence-electron chi connectivity index (χ1n) is 10.0. The Morgan fingerprint density at radius 3 is 2.48 bits per heavy atom. The second-order valence-corrected chi connectivity index (χ2v) is 8.96. The average molecular weight is 426 g/mol. The molecule has 2 rings (SSSR count). The molecule has 3 N–H and O–H groups in total. The Morgan fingerprint density at radius 1 is 1.31 bits per heavy atom. The molecule has 2 amide bonds. The average Bonchev–Trinajstić information content (AvgIpc) is 2.59. The number of halogens is 1. The Labute approximate surface area is 177 Å². The SMILES string of the molecule is Cc1nc(N)c(CCC2CCN(C(=O)C(C)NC(=O)OC(C)(C)C)CC2)c(Cl)n1. The summed E-state index contributed by atoms with van der Waals surface area (Å²) in [4.78, 5) is 34.6. The zero-order valence-corrected chi connectivity index (χ0v) is 18.7. The molecular weight excluding hydrogens is 394 g/mol. The normalized spacial score (nSPS) is 16.4. The van der Waals surface area contributed by atoms with Crippen LogP contribution in [-0.2, 0) is 16.0 Å². The summed E-state index contributed by atoms with van der Waals surface area (Å²) in [5.41, 5.74) is 6.18. The van der Waals surface area contributed by atoms with Crippen molar-refractivity contribution >= 4 is 29.4 Å². The fourth-order valence-electron chi connectivity index (χ4n) is 3.42. The minimum absolute atomic E-state index is 0.0893. The molecule has 1 aromatic heterocycles. The predicted octanol–water partition coefficient (Wildman–Crippen LogP) is 3.11. The first-order chi connectivity index (χ1) is 13.5. The maximum Gasteiger partial charge on any atom is 0.408 e. The molecule has 1 unspecified atom stereocenters. The van der Waals surface area contributed by atoms with Crippen LogP contribution in [-0.4, -0.2) is 51.6 Å². The van der Waals surface area contributed by atoms with Crippen molar-refractivity contribution in [2.45, 2.75) is 71.9 Å². The van der Waals surface area contributed by atoms with Gasteiger partial charge in [-0.2, -0.15) is 0 Å². The molecule has 1 aliphatic rings. The summed E-state index contributed by atoms with van der Waals surface area (Å²) in [5.74, 6) is 1.40. The van der Waals surface area contributed by atoms with Crippen molar-refractivity contribution in [1.82, 2.24) is 20.2 Å². The highest BCUT2D eigenvalue weighted by Crippen LogP contribution is 2.26. The van der Waals surface area contributed by atoms with E-state index in [0.717, 1.165) is 31.2 Å². The van der Waals surface area contributed by atoms with Crippen molar-refractivity contribution in [3.05, 3.63) is 16.5 Å². The number of aryl methyl sites for hydroxylation is 1. The summed E-state index contributed by atoms with van der Waals surface area (Å²) in [6.45, 7) is 10.1. The second kappa shape index (κ2) is 9.61. The Bertz CT molecular complexity index is 719. The highest BCUT2D eigenvalue weighted by molar-refractivity contribution is 6.30. The van der Waals surface area contributed by atoms with E-state index in [2.05, 4.69) is 15.3 Å². The summed E-state index contributed by atoms with van der Waals surface area (Å²) in [7, 11) is 0. The third-order valence-electron chi connectivity index (χ3n) is 4.93. The highest BCUT2D eigenvalue weighted by atomic mass is 35.5. The maximum absolute atomic E-state index is 12.6. The van der Waals surface area contributed by atoms with Crippen LogP contribution in [0.15, 0.2) is 0 Å². The molecule has 2 heterocycles. The standard InChI is InChI=1S/C20H32ClN5O3/c1-12(23-19(28)29-20(3,4)5)18(27)26-10-8-14(9-11-26)6-7-15-16(21)24-13(2)25-17(15)22/h12,14H,6-11H2,1-5H3,(H,23,28)(H2,22,24,25). The van der Waals surface area contributed by atoms with E-state index < -0.39 is 17.7 Å². The largest absolute Gasteiger partial charge is 0.444 e. The van der Waals surface area contributed by atoms with Gasteiger partial charge in [0.05, 0.1) is 0 Å². The van der Waals surface area contributed by atoms with Crippen molar-refractivity contribution in [1.29, 1.82) is 0 Å². The van der Waals surface area contributed by atoms with E-state index in [1.807, 2.05) is 0 Å². The number of aromatic nitrogens is 2. The first-order valence-corrected chi connectivity index (χ1v) is 10.4. The summed E-state index contributed by atoms with van der Waals surface area (Å²) in [5, 5.41) is 3.03. The maximum atomic E-state index is 12.6. The van der Waals surface area contributed by atoms with Gasteiger partial charge in [0.1, 0.15) is 28.4 Å². The van der Waals surface area contributed by atoms with Crippen molar-refractivity contribution in [2.24, 2.45) is 5.92 Å². The van der Waals surface area contributed by atoms with E-state index in [9.17, 15) is 9.59 Å². The molecule has 0 aromatic carbocycles. The zero-order valence-electron chi connectivity index (χ0n) is 17.9. The quantitative estimate of drug-likeness (QED) is 0.701. The van der Waals surface area contributed by atoms with Crippen LogP contribution in [0.2, 0.25) is 5.15 Å². The number of amides is 2. The Hall–Kier alpha value is -2.09. The summed E-state index contributed by atoms with van der Waals surface area (Å²) in [6, 6.07) is -0.621. The Morgan fingerprint density at radius 2 is 1.93 bits per heavy atom. The fourth-order valence-corrected chi connectivity index (χ4v) is 3.74. The number of alkyl carbamates (subject to hydrolysis) is 1. The number of ether oxygens (including phenoxy) is 1. The third kappa shape index (κ3) is 7.03. The number of carbonyl (C=O) groups excluding carboxylic acids is 2. The number of nitrogens with two attached hydrogens (primary N) is 1. The lowest BCUT2D eigenvalue weighted by atomic mass is 9.90. The van der Waals surface area contributed by atoms with Gasteiger partial charge in [-0.3, -0.25) is 4.79 Å². The highest BCUT2D eigenvalue weighted by Gasteiger charge is 2.28. The van der Waals surface area contributed by atoms with Gasteiger partial charge in [0.2, 0.25) is 5.91 Å². The summed E-state index contributed by atoms with van der Waals surface area (Å²) < 4.78 is 5.21. The van der Waals surface area contributed by atoms with Crippen LogP contribution in [0.5, 0.6) is 0 Å². The molecule has 1 aliphatic heterocycles. The lowest BCUT2D eigenvalue weighted by Crippen LogP contribution is -2.50. The summed E-state index contributed by atoms with van der Waals surface area (Å²) in [6.07, 6.45) is 2.86. The van der Waals surface area contributed by atoms with Crippen molar-refractivity contribution in [3.8, 4) is 0 Å². The van der Waals surface area contributed by atoms with Crippen LogP contribution >= 0.6 is 11.6 Å². The fraction of sp³-hybridized carbons (Fsp3) is 0.700. The number of piperidine rings is 1. The van der Waals surface area contributed by atoms with Crippen molar-refractivity contribution in [2.75, 3.05) is 18.8 Å². The minimum Gasteiger partial charge on any atom is -0.444 e. The lowest BCUT2D eigenvalue weighted by molar-refractivity contribution is -0.134. The number of anilines is 1. The molecular formula is C20H32ClN5O3. The molecule has 1 aromatic rings. The van der Waals surface area contributed by atoms with Crippen molar-refractivity contribution < 1.29 is 14.3 Å². The van der Waals surface area contributed by atoms with E-state index >= 15 is 0 Å². The third-order valence-corrected chi connectivity index (χ3v) is 5.25. The monoisotopic (exact) mass is 425 g/mol. The Balaban J connectivity index is 1.80. The molecule has 0 saturated carbocycles. The number of likely N-dealkylation sites (tertiary alicyclic amines) is 1. The molecule has 0 aliphatic carbocycles. The number of hydrogen-bond donors (Lipinski definition) is 2. The first kappa shape index (κ1) is 23.2. The molecule has 9 heteroatoms. The van der Waals surface area contributed by atoms with Crippen molar-refractivity contribution in [3.63, 3.8) is 0 Å². The van der Waals surface area contributed by atoms with Crippen LogP contribution in [0, 0.1) is 12.8 Å². The van der Waals surface area contributed by atoms with Crippen LogP contribution in [0.3, 0.4) is 0 Å². The van der Waals surface area contributed by atoms with Gasteiger partial charge >= 0.3 is 6.09 Å². The molecule has 1 atom stereocenters. The predicted molar refractivity (Wildman–Crippen MR) is 113 cm³/mol. The van der Waals surface area contributed by atoms with Gasteiger partial charge in [0, 0.05) is 18.7 Å². The molecule has 8 nitrogen and oxygen atoms in total. The van der Waals surface area contributed by atoms with Crippen LogP contribution in [0.4, 0.5) is 10.6 Å². The van der Waals surface area contributed by atoms with Gasteiger partial charge in [-0.15, -0.1) is 0 Å². The Kier molecular flexibility index (Phi) is 7.68. The van der Waals surface area contributed by atoms with Gasteiger partial charge in [-0.25, -0.2) is 14.8 Å². The lowest BCUT2D eigenvalue weighted by Gasteiger charge is -2.34. The van der Waals surface area contributed by atoms with E-state index in [1.54, 1.807) is 39.5 Å². The van der Waals surface area contributed by atoms with E-state index in [4.69, 9.17) is 22.1 Å². The van der Waals surface area contributed by atoms with Gasteiger partial charge in [-0.1, -0.05) is 11.6 Å². The van der Waals surface area contributed by atoms with Crippen LogP contribution < -0.4 is 11.1 Å². The van der Waals surface area contributed by atoms with E-state index in [0.29, 0.717) is 35.8 Å². The molecule has 1 saturated heterocycles. The van der Waals surface area contributed by atoms with Gasteiger partial charge in [-0.05, 0) is 66.2 Å². The molecule has 29 heavy (non-hydrogen) atoms. The number of rotatable bonds is 5. The molecule has 0 spiro atoms. The van der Waals surface area contributed by atoms with E-state index in [-0.39, 0.29) is 5.91 Å². The molecule has 162 valence electrons. The molecule has 0 bridgehead atoms. The van der Waals surface area contributed by atoms with Gasteiger partial charge < -0.3 is 20.7 Å². The topological polar surface area (TPSA) is 110 Å². The second-order valence-electron chi connectivity index (χ2n) is 8.60. The van der Waals surface area contributed by atoms with E-state index in [1.165, 1.54) is 0 Å². The minimum atomic E-state index is -0.621. The van der Waals surface area contributed by atoms with Crippen LogP contribution in [0.25, 0.3) is 0 Å². The summed E-state index contributed by atoms with van der Waals surface area (Å²) >= 11 is 6.20. The van der Waals surface area contributed by atoms with Gasteiger partial charge in [0.25, 0.3) is 0 Å². The molecule has 1 fully saturated rings. The number of nitrogens with zero attached hydrogens (tertiary/aromatic N) is 3. The number of nitrogens with one attached hydrogen (secondary N) is 1. The zero-order chi connectivity index (χ0) is 21.8. The smallest absolute Gasteiger partial charge is 0.408 e. The number of hydrogen-bond acceptors (Lipinski definition) is 6.